The number of fused-ring (bicyclic) bond motifs is 1. The monoisotopic (exact) mass is 388 g/mol. The Hall–Kier alpha value is -3.47. The van der Waals surface area contributed by atoms with Crippen LogP contribution in [0.3, 0.4) is 0 Å². The normalized spacial score (nSPS) is 10.9. The van der Waals surface area contributed by atoms with Crippen molar-refractivity contribution in [3.8, 4) is 11.5 Å². The summed E-state index contributed by atoms with van der Waals surface area (Å²) in [6, 6.07) is 26.4. The average molecular weight is 388 g/mol. The molecule has 0 aliphatic rings. The first-order valence-corrected chi connectivity index (χ1v) is 9.83. The van der Waals surface area contributed by atoms with Crippen LogP contribution in [0.15, 0.2) is 78.9 Å². The van der Waals surface area contributed by atoms with E-state index in [1.54, 1.807) is 7.11 Å². The van der Waals surface area contributed by atoms with Gasteiger partial charge in [0.1, 0.15) is 35.7 Å². The summed E-state index contributed by atoms with van der Waals surface area (Å²) in [6.07, 6.45) is 0.937. The highest BCUT2D eigenvalue weighted by molar-refractivity contribution is 5.73. The summed E-state index contributed by atoms with van der Waals surface area (Å²) in [5.41, 5.74) is 10.1. The van der Waals surface area contributed by atoms with Gasteiger partial charge in [0.25, 0.3) is 0 Å². The van der Waals surface area contributed by atoms with Gasteiger partial charge in [0.05, 0.1) is 13.7 Å². The molecule has 0 saturated heterocycles. The third-order valence-electron chi connectivity index (χ3n) is 5.13. The first-order chi connectivity index (χ1) is 14.3. The van der Waals surface area contributed by atoms with E-state index in [0.717, 1.165) is 41.4 Å². The second-order valence-electron chi connectivity index (χ2n) is 6.91. The lowest BCUT2D eigenvalue weighted by Crippen LogP contribution is -2.37. The standard InChI is InChI=1S/C24H25N3O2/c1-28-20-11-13-21(14-12-20)29-18-17-27-23-10-6-5-9-22(23)26(24(27)25)16-15-19-7-3-2-4-8-19/h2-14,25H,15-18H2,1H3/p+1. The van der Waals surface area contributed by atoms with E-state index in [-0.39, 0.29) is 0 Å². The van der Waals surface area contributed by atoms with Crippen molar-refractivity contribution in [1.82, 2.24) is 4.57 Å². The number of methoxy groups -OCH3 is 1. The van der Waals surface area contributed by atoms with Crippen molar-refractivity contribution in [2.45, 2.75) is 19.5 Å². The van der Waals surface area contributed by atoms with E-state index < -0.39 is 0 Å². The molecule has 1 heterocycles. The molecule has 0 radical (unpaired) electrons. The van der Waals surface area contributed by atoms with E-state index in [1.807, 2.05) is 36.4 Å². The molecule has 0 unspecified atom stereocenters. The minimum absolute atomic E-state index is 0.536. The summed E-state index contributed by atoms with van der Waals surface area (Å²) < 4.78 is 15.4. The summed E-state index contributed by atoms with van der Waals surface area (Å²) in [5.74, 6) is 2.38. The zero-order chi connectivity index (χ0) is 20.1. The van der Waals surface area contributed by atoms with Crippen molar-refractivity contribution in [1.29, 1.82) is 0 Å². The quantitative estimate of drug-likeness (QED) is 0.467. The molecule has 2 N–H and O–H groups in total. The van der Waals surface area contributed by atoms with Gasteiger partial charge in [-0.3, -0.25) is 5.73 Å². The molecule has 0 atom stereocenters. The van der Waals surface area contributed by atoms with Gasteiger partial charge in [0.15, 0.2) is 0 Å². The molecule has 0 bridgehead atoms. The molecule has 0 saturated carbocycles. The highest BCUT2D eigenvalue weighted by Crippen LogP contribution is 2.19. The first-order valence-electron chi connectivity index (χ1n) is 9.83. The molecule has 5 nitrogen and oxygen atoms in total. The van der Waals surface area contributed by atoms with Gasteiger partial charge in [0.2, 0.25) is 0 Å². The van der Waals surface area contributed by atoms with Crippen LogP contribution >= 0.6 is 0 Å². The molecule has 0 spiro atoms. The number of imidazole rings is 1. The van der Waals surface area contributed by atoms with Crippen LogP contribution in [0.2, 0.25) is 0 Å². The zero-order valence-corrected chi connectivity index (χ0v) is 16.6. The molecular weight excluding hydrogens is 362 g/mol. The highest BCUT2D eigenvalue weighted by Gasteiger charge is 2.20. The molecule has 148 valence electrons. The van der Waals surface area contributed by atoms with Crippen LogP contribution in [0, 0.1) is 0 Å². The Balaban J connectivity index is 1.50. The first kappa shape index (κ1) is 18.9. The van der Waals surface area contributed by atoms with Crippen LogP contribution < -0.4 is 19.8 Å². The molecule has 4 aromatic rings. The lowest BCUT2D eigenvalue weighted by Gasteiger charge is -2.07. The Kier molecular flexibility index (Phi) is 5.66. The summed E-state index contributed by atoms with van der Waals surface area (Å²) >= 11 is 0. The summed E-state index contributed by atoms with van der Waals surface area (Å²) in [5, 5.41) is 0. The molecule has 4 rings (SSSR count). The number of rotatable bonds is 8. The van der Waals surface area contributed by atoms with E-state index in [4.69, 9.17) is 15.2 Å². The maximum absolute atomic E-state index is 6.55. The number of nitrogens with zero attached hydrogens (tertiary/aromatic N) is 2. The third kappa shape index (κ3) is 4.19. The molecule has 0 amide bonds. The summed E-state index contributed by atoms with van der Waals surface area (Å²) in [4.78, 5) is 0. The van der Waals surface area contributed by atoms with Crippen molar-refractivity contribution < 1.29 is 14.0 Å². The Morgan fingerprint density at radius 1 is 0.862 bits per heavy atom. The van der Waals surface area contributed by atoms with Crippen LogP contribution in [-0.4, -0.2) is 18.3 Å². The third-order valence-corrected chi connectivity index (χ3v) is 5.13. The number of anilines is 1. The van der Waals surface area contributed by atoms with Gasteiger partial charge in [0, 0.05) is 6.42 Å². The van der Waals surface area contributed by atoms with Gasteiger partial charge in [-0.2, -0.15) is 0 Å². The lowest BCUT2D eigenvalue weighted by atomic mass is 10.1. The molecule has 0 aliphatic carbocycles. The Morgan fingerprint density at radius 2 is 1.55 bits per heavy atom. The number of aromatic nitrogens is 2. The van der Waals surface area contributed by atoms with E-state index in [9.17, 15) is 0 Å². The number of ether oxygens (including phenoxy) is 2. The number of para-hydroxylation sites is 2. The predicted molar refractivity (Wildman–Crippen MR) is 115 cm³/mol. The van der Waals surface area contributed by atoms with Crippen LogP contribution in [0.1, 0.15) is 5.56 Å². The van der Waals surface area contributed by atoms with Crippen molar-refractivity contribution in [2.24, 2.45) is 0 Å². The molecule has 0 aliphatic heterocycles. The molecule has 3 aromatic carbocycles. The second-order valence-corrected chi connectivity index (χ2v) is 6.91. The van der Waals surface area contributed by atoms with Crippen molar-refractivity contribution in [3.05, 3.63) is 84.4 Å². The number of nitrogens with two attached hydrogens (primary N) is 1. The number of hydrogen-bond acceptors (Lipinski definition) is 3. The van der Waals surface area contributed by atoms with Crippen molar-refractivity contribution in [3.63, 3.8) is 0 Å². The molecule has 29 heavy (non-hydrogen) atoms. The van der Waals surface area contributed by atoms with Crippen molar-refractivity contribution in [2.75, 3.05) is 19.5 Å². The number of hydrogen-bond donors (Lipinski definition) is 1. The van der Waals surface area contributed by atoms with Crippen LogP contribution in [0.4, 0.5) is 5.95 Å². The Labute approximate surface area is 170 Å². The molecule has 5 heteroatoms. The number of nitrogen functional groups attached to an aromatic ring is 1. The van der Waals surface area contributed by atoms with E-state index in [2.05, 4.69) is 51.6 Å². The summed E-state index contributed by atoms with van der Waals surface area (Å²) in [7, 11) is 1.66. The average Bonchev–Trinajstić information content (AvgIpc) is 3.04. The van der Waals surface area contributed by atoms with Crippen LogP contribution in [0.5, 0.6) is 11.5 Å². The van der Waals surface area contributed by atoms with Gasteiger partial charge >= 0.3 is 5.95 Å². The van der Waals surface area contributed by atoms with E-state index in [1.165, 1.54) is 5.56 Å². The largest absolute Gasteiger partial charge is 0.497 e. The topological polar surface area (TPSA) is 53.3 Å². The SMILES string of the molecule is COc1ccc(OCCn2c(N)[n+](CCc3ccccc3)c3ccccc32)cc1. The van der Waals surface area contributed by atoms with E-state index in [0.29, 0.717) is 13.2 Å². The Bertz CT molecular complexity index is 1070. The number of aryl methyl sites for hydroxylation is 2. The van der Waals surface area contributed by atoms with Crippen LogP contribution in [-0.2, 0) is 19.5 Å². The predicted octanol–water partition coefficient (Wildman–Crippen LogP) is 3.84. The van der Waals surface area contributed by atoms with Gasteiger partial charge in [-0.1, -0.05) is 42.5 Å². The van der Waals surface area contributed by atoms with Gasteiger partial charge in [-0.05, 0) is 42.0 Å². The molecule has 0 fully saturated rings. The van der Waals surface area contributed by atoms with Gasteiger partial charge in [-0.25, -0.2) is 9.13 Å². The summed E-state index contributed by atoms with van der Waals surface area (Å²) in [6.45, 7) is 2.05. The fourth-order valence-electron chi connectivity index (χ4n) is 3.60. The Morgan fingerprint density at radius 3 is 2.31 bits per heavy atom. The smallest absolute Gasteiger partial charge is 0.356 e. The molecular formula is C24H26N3O2+. The zero-order valence-electron chi connectivity index (χ0n) is 16.6. The van der Waals surface area contributed by atoms with Gasteiger partial charge in [-0.15, -0.1) is 0 Å². The maximum Gasteiger partial charge on any atom is 0.356 e. The van der Waals surface area contributed by atoms with Crippen LogP contribution in [0.25, 0.3) is 11.0 Å². The van der Waals surface area contributed by atoms with E-state index >= 15 is 0 Å². The minimum atomic E-state index is 0.536. The number of benzene rings is 3. The highest BCUT2D eigenvalue weighted by atomic mass is 16.5. The minimum Gasteiger partial charge on any atom is -0.497 e. The lowest BCUT2D eigenvalue weighted by molar-refractivity contribution is -0.656. The van der Waals surface area contributed by atoms with Gasteiger partial charge < -0.3 is 9.47 Å². The maximum atomic E-state index is 6.55. The fraction of sp³-hybridized carbons (Fsp3) is 0.208. The fourth-order valence-corrected chi connectivity index (χ4v) is 3.60. The second kappa shape index (κ2) is 8.69. The molecule has 1 aromatic heterocycles. The van der Waals surface area contributed by atoms with Crippen molar-refractivity contribution >= 4 is 17.0 Å².